The van der Waals surface area contributed by atoms with E-state index < -0.39 is 0 Å². The van der Waals surface area contributed by atoms with Crippen LogP contribution in [0.25, 0.3) is 0 Å². The van der Waals surface area contributed by atoms with E-state index in [-0.39, 0.29) is 5.56 Å². The van der Waals surface area contributed by atoms with Gasteiger partial charge >= 0.3 is 0 Å². The van der Waals surface area contributed by atoms with Gasteiger partial charge < -0.3 is 10.3 Å². The first-order valence-corrected chi connectivity index (χ1v) is 7.10. The second kappa shape index (κ2) is 7.54. The van der Waals surface area contributed by atoms with Gasteiger partial charge in [-0.05, 0) is 28.4 Å². The van der Waals surface area contributed by atoms with E-state index in [0.29, 0.717) is 10.2 Å². The summed E-state index contributed by atoms with van der Waals surface area (Å²) in [6.45, 7) is 2.97. The number of hydrogen-bond donors (Lipinski definition) is 1. The highest BCUT2D eigenvalue weighted by Gasteiger charge is 2.02. The maximum atomic E-state index is 11.7. The second-order valence-electron chi connectivity index (χ2n) is 4.39. The first-order valence-electron chi connectivity index (χ1n) is 6.30. The van der Waals surface area contributed by atoms with E-state index in [2.05, 4.69) is 22.9 Å². The van der Waals surface area contributed by atoms with Crippen molar-refractivity contribution < 1.29 is 0 Å². The van der Waals surface area contributed by atoms with Crippen LogP contribution < -0.4 is 11.3 Å². The molecule has 0 aliphatic heterocycles. The summed E-state index contributed by atoms with van der Waals surface area (Å²) in [6, 6.07) is 1.65. The van der Waals surface area contributed by atoms with Crippen molar-refractivity contribution in [3.05, 3.63) is 27.1 Å². The Morgan fingerprint density at radius 3 is 2.59 bits per heavy atom. The molecular weight excluding hydrogens is 280 g/mol. The molecule has 1 rings (SSSR count). The standard InChI is InChI=1S/C13H21BrN2O/c1-2-3-4-5-6-7-8-16-10-11(15)9-12(14)13(16)17/h9-10H,2-8,15H2,1H3. The Bertz CT molecular complexity index is 401. The molecular formula is C13H21BrN2O. The van der Waals surface area contributed by atoms with Crippen LogP contribution in [-0.2, 0) is 6.54 Å². The number of nitrogens with zero attached hydrogens (tertiary/aromatic N) is 1. The predicted octanol–water partition coefficient (Wildman–Crippen LogP) is 3.55. The molecule has 0 saturated carbocycles. The van der Waals surface area contributed by atoms with Crippen molar-refractivity contribution in [3.8, 4) is 0 Å². The van der Waals surface area contributed by atoms with Crippen molar-refractivity contribution in [2.45, 2.75) is 52.0 Å². The highest BCUT2D eigenvalue weighted by atomic mass is 79.9. The Hall–Kier alpha value is -0.770. The molecule has 0 saturated heterocycles. The van der Waals surface area contributed by atoms with E-state index in [1.807, 2.05) is 0 Å². The third-order valence-corrected chi connectivity index (χ3v) is 3.38. The molecule has 3 nitrogen and oxygen atoms in total. The van der Waals surface area contributed by atoms with Crippen molar-refractivity contribution in [2.24, 2.45) is 0 Å². The highest BCUT2D eigenvalue weighted by molar-refractivity contribution is 9.10. The number of aromatic nitrogens is 1. The molecule has 1 aromatic rings. The lowest BCUT2D eigenvalue weighted by Gasteiger charge is -2.07. The number of aryl methyl sites for hydroxylation is 1. The van der Waals surface area contributed by atoms with Crippen molar-refractivity contribution in [2.75, 3.05) is 5.73 Å². The molecule has 0 atom stereocenters. The van der Waals surface area contributed by atoms with E-state index >= 15 is 0 Å². The van der Waals surface area contributed by atoms with Crippen LogP contribution >= 0.6 is 15.9 Å². The SMILES string of the molecule is CCCCCCCCn1cc(N)cc(Br)c1=O. The zero-order valence-corrected chi connectivity index (χ0v) is 12.0. The number of anilines is 1. The van der Waals surface area contributed by atoms with Crippen LogP contribution in [0, 0.1) is 0 Å². The second-order valence-corrected chi connectivity index (χ2v) is 5.24. The first-order chi connectivity index (χ1) is 8.15. The monoisotopic (exact) mass is 300 g/mol. The Balaban J connectivity index is 2.39. The Morgan fingerprint density at radius 1 is 1.24 bits per heavy atom. The highest BCUT2D eigenvalue weighted by Crippen LogP contribution is 2.10. The number of halogens is 1. The molecule has 0 radical (unpaired) electrons. The molecule has 4 heteroatoms. The number of rotatable bonds is 7. The summed E-state index contributed by atoms with van der Waals surface area (Å²) in [5.41, 5.74) is 6.34. The molecule has 17 heavy (non-hydrogen) atoms. The number of pyridine rings is 1. The molecule has 0 aliphatic carbocycles. The van der Waals surface area contributed by atoms with Gasteiger partial charge in [0, 0.05) is 18.4 Å². The summed E-state index contributed by atoms with van der Waals surface area (Å²) in [4.78, 5) is 11.7. The average Bonchev–Trinajstić information content (AvgIpc) is 2.29. The van der Waals surface area contributed by atoms with Gasteiger partial charge in [0.05, 0.1) is 4.47 Å². The Kier molecular flexibility index (Phi) is 6.34. The summed E-state index contributed by atoms with van der Waals surface area (Å²) in [7, 11) is 0. The summed E-state index contributed by atoms with van der Waals surface area (Å²) in [6.07, 6.45) is 9.07. The molecule has 0 aliphatic rings. The van der Waals surface area contributed by atoms with Crippen LogP contribution in [0.4, 0.5) is 5.69 Å². The molecule has 1 heterocycles. The van der Waals surface area contributed by atoms with Gasteiger partial charge in [-0.2, -0.15) is 0 Å². The van der Waals surface area contributed by atoms with Gasteiger partial charge in [0.1, 0.15) is 0 Å². The fourth-order valence-electron chi connectivity index (χ4n) is 1.85. The van der Waals surface area contributed by atoms with Crippen LogP contribution in [0.5, 0.6) is 0 Å². The summed E-state index contributed by atoms with van der Waals surface area (Å²) >= 11 is 3.23. The Morgan fingerprint density at radius 2 is 1.88 bits per heavy atom. The van der Waals surface area contributed by atoms with E-state index in [9.17, 15) is 4.79 Å². The lowest BCUT2D eigenvalue weighted by Crippen LogP contribution is -2.20. The summed E-state index contributed by atoms with van der Waals surface area (Å²) in [5.74, 6) is 0. The summed E-state index contributed by atoms with van der Waals surface area (Å²) < 4.78 is 2.24. The van der Waals surface area contributed by atoms with Crippen LogP contribution in [0.1, 0.15) is 45.4 Å². The fourth-order valence-corrected chi connectivity index (χ4v) is 2.34. The maximum absolute atomic E-state index is 11.7. The van der Waals surface area contributed by atoms with Crippen molar-refractivity contribution >= 4 is 21.6 Å². The minimum absolute atomic E-state index is 0.00718. The quantitative estimate of drug-likeness (QED) is 0.783. The lowest BCUT2D eigenvalue weighted by molar-refractivity contribution is 0.549. The summed E-state index contributed by atoms with van der Waals surface area (Å²) in [5, 5.41) is 0. The number of nitrogen functional groups attached to an aromatic ring is 1. The van der Waals surface area contributed by atoms with Gasteiger partial charge in [-0.1, -0.05) is 39.0 Å². The van der Waals surface area contributed by atoms with E-state index in [0.717, 1.165) is 13.0 Å². The van der Waals surface area contributed by atoms with E-state index in [1.165, 1.54) is 32.1 Å². The van der Waals surface area contributed by atoms with Crippen molar-refractivity contribution in [3.63, 3.8) is 0 Å². The van der Waals surface area contributed by atoms with Crippen LogP contribution in [0.2, 0.25) is 0 Å². The van der Waals surface area contributed by atoms with E-state index in [1.54, 1.807) is 16.8 Å². The molecule has 0 spiro atoms. The van der Waals surface area contributed by atoms with Gasteiger partial charge in [-0.3, -0.25) is 4.79 Å². The molecule has 0 aromatic carbocycles. The van der Waals surface area contributed by atoms with Gasteiger partial charge in [-0.15, -0.1) is 0 Å². The minimum atomic E-state index is 0.00718. The zero-order valence-electron chi connectivity index (χ0n) is 10.4. The van der Waals surface area contributed by atoms with Crippen molar-refractivity contribution in [1.29, 1.82) is 0 Å². The smallest absolute Gasteiger partial charge is 0.264 e. The largest absolute Gasteiger partial charge is 0.398 e. The normalized spacial score (nSPS) is 10.7. The van der Waals surface area contributed by atoms with Gasteiger partial charge in [0.2, 0.25) is 0 Å². The number of hydrogen-bond acceptors (Lipinski definition) is 2. The minimum Gasteiger partial charge on any atom is -0.398 e. The van der Waals surface area contributed by atoms with Crippen LogP contribution in [0.15, 0.2) is 21.5 Å². The van der Waals surface area contributed by atoms with Gasteiger partial charge in [-0.25, -0.2) is 0 Å². The first kappa shape index (κ1) is 14.3. The van der Waals surface area contributed by atoms with Crippen molar-refractivity contribution in [1.82, 2.24) is 4.57 Å². The average molecular weight is 301 g/mol. The fraction of sp³-hybridized carbons (Fsp3) is 0.615. The molecule has 96 valence electrons. The number of nitrogens with two attached hydrogens (primary N) is 1. The van der Waals surface area contributed by atoms with Gasteiger partial charge in [0.25, 0.3) is 5.56 Å². The van der Waals surface area contributed by atoms with Crippen LogP contribution in [0.3, 0.4) is 0 Å². The van der Waals surface area contributed by atoms with Crippen LogP contribution in [-0.4, -0.2) is 4.57 Å². The third-order valence-electron chi connectivity index (χ3n) is 2.82. The zero-order chi connectivity index (χ0) is 12.7. The molecule has 0 fully saturated rings. The molecule has 2 N–H and O–H groups in total. The lowest BCUT2D eigenvalue weighted by atomic mass is 10.1. The maximum Gasteiger partial charge on any atom is 0.264 e. The molecule has 1 aromatic heterocycles. The topological polar surface area (TPSA) is 48.0 Å². The molecule has 0 amide bonds. The Labute approximate surface area is 111 Å². The van der Waals surface area contributed by atoms with Gasteiger partial charge in [0.15, 0.2) is 0 Å². The number of unbranched alkanes of at least 4 members (excludes halogenated alkanes) is 5. The molecule has 0 unspecified atom stereocenters. The third kappa shape index (κ3) is 4.94. The predicted molar refractivity (Wildman–Crippen MR) is 76.2 cm³/mol. The molecule has 0 bridgehead atoms. The van der Waals surface area contributed by atoms with E-state index in [4.69, 9.17) is 5.73 Å².